The molecule has 3 aromatic rings. The molecule has 0 saturated heterocycles. The number of benzene rings is 1. The van der Waals surface area contributed by atoms with Gasteiger partial charge in [0.2, 0.25) is 0 Å². The number of Topliss-reactive ketones (excluding diaryl/α,β-unsaturated/α-hetero) is 1. The average Bonchev–Trinajstić information content (AvgIpc) is 2.54. The molecule has 2 aromatic heterocycles. The number of aryl methyl sites for hydroxylation is 1. The monoisotopic (exact) mass is 292 g/mol. The standard InChI is InChI=1S/C18H16N2O2/c1-12-4-3-5-17(20-12)18(21)10-13-8-9-19-16-7-6-14(22-2)11-15(13)16/h3-9,11H,10H2,1-2H3. The van der Waals surface area contributed by atoms with Crippen LogP contribution in [0, 0.1) is 6.92 Å². The Morgan fingerprint density at radius 3 is 2.82 bits per heavy atom. The normalized spacial score (nSPS) is 10.6. The lowest BCUT2D eigenvalue weighted by Crippen LogP contribution is -2.07. The number of fused-ring (bicyclic) bond motifs is 1. The zero-order valence-electron chi connectivity index (χ0n) is 12.5. The van der Waals surface area contributed by atoms with E-state index in [2.05, 4.69) is 9.97 Å². The van der Waals surface area contributed by atoms with E-state index in [9.17, 15) is 4.79 Å². The smallest absolute Gasteiger partial charge is 0.185 e. The predicted molar refractivity (Wildman–Crippen MR) is 85.3 cm³/mol. The summed E-state index contributed by atoms with van der Waals surface area (Å²) < 4.78 is 5.26. The number of carbonyl (C=O) groups is 1. The molecule has 3 rings (SSSR count). The molecule has 1 aromatic carbocycles. The highest BCUT2D eigenvalue weighted by Gasteiger charge is 2.12. The van der Waals surface area contributed by atoms with Crippen LogP contribution in [-0.2, 0) is 6.42 Å². The zero-order valence-corrected chi connectivity index (χ0v) is 12.5. The summed E-state index contributed by atoms with van der Waals surface area (Å²) in [5, 5.41) is 0.933. The highest BCUT2D eigenvalue weighted by atomic mass is 16.5. The first-order valence-corrected chi connectivity index (χ1v) is 7.06. The van der Waals surface area contributed by atoms with E-state index in [0.717, 1.165) is 27.9 Å². The van der Waals surface area contributed by atoms with Crippen LogP contribution in [0.5, 0.6) is 5.75 Å². The van der Waals surface area contributed by atoms with Crippen molar-refractivity contribution in [3.63, 3.8) is 0 Å². The third kappa shape index (κ3) is 2.81. The van der Waals surface area contributed by atoms with Crippen molar-refractivity contribution in [2.45, 2.75) is 13.3 Å². The molecule has 4 heteroatoms. The Kier molecular flexibility index (Phi) is 3.83. The van der Waals surface area contributed by atoms with Crippen LogP contribution in [0.15, 0.2) is 48.7 Å². The SMILES string of the molecule is COc1ccc2nccc(CC(=O)c3cccc(C)n3)c2c1. The molecule has 4 nitrogen and oxygen atoms in total. The first kappa shape index (κ1) is 14.2. The number of hydrogen-bond acceptors (Lipinski definition) is 4. The molecular weight excluding hydrogens is 276 g/mol. The quantitative estimate of drug-likeness (QED) is 0.692. The summed E-state index contributed by atoms with van der Waals surface area (Å²) in [5.41, 5.74) is 3.11. The molecule has 0 bridgehead atoms. The summed E-state index contributed by atoms with van der Waals surface area (Å²) in [6.07, 6.45) is 2.02. The van der Waals surface area contributed by atoms with Gasteiger partial charge in [0, 0.05) is 23.7 Å². The van der Waals surface area contributed by atoms with Gasteiger partial charge in [0.1, 0.15) is 11.4 Å². The third-order valence-electron chi connectivity index (χ3n) is 3.56. The minimum atomic E-state index is -0.000908. The van der Waals surface area contributed by atoms with Crippen molar-refractivity contribution < 1.29 is 9.53 Å². The number of nitrogens with zero attached hydrogens (tertiary/aromatic N) is 2. The Hall–Kier alpha value is -2.75. The van der Waals surface area contributed by atoms with Gasteiger partial charge in [-0.15, -0.1) is 0 Å². The average molecular weight is 292 g/mol. The number of pyridine rings is 2. The van der Waals surface area contributed by atoms with Crippen LogP contribution in [0.1, 0.15) is 21.7 Å². The number of aromatic nitrogens is 2. The summed E-state index contributed by atoms with van der Waals surface area (Å²) in [4.78, 5) is 21.1. The van der Waals surface area contributed by atoms with E-state index in [-0.39, 0.29) is 5.78 Å². The van der Waals surface area contributed by atoms with Crippen LogP contribution in [0.2, 0.25) is 0 Å². The predicted octanol–water partition coefficient (Wildman–Crippen LogP) is 3.37. The summed E-state index contributed by atoms with van der Waals surface area (Å²) in [5.74, 6) is 0.752. The molecule has 0 aliphatic rings. The molecule has 0 N–H and O–H groups in total. The van der Waals surface area contributed by atoms with E-state index in [1.165, 1.54) is 0 Å². The van der Waals surface area contributed by atoms with Gasteiger partial charge in [-0.1, -0.05) is 6.07 Å². The zero-order chi connectivity index (χ0) is 15.5. The van der Waals surface area contributed by atoms with Gasteiger partial charge in [-0.25, -0.2) is 0 Å². The van der Waals surface area contributed by atoms with Crippen molar-refractivity contribution in [3.8, 4) is 5.75 Å². The Bertz CT molecular complexity index is 843. The molecule has 110 valence electrons. The van der Waals surface area contributed by atoms with Gasteiger partial charge in [0.15, 0.2) is 5.78 Å². The molecule has 0 radical (unpaired) electrons. The molecule has 0 spiro atoms. The first-order chi connectivity index (χ1) is 10.7. The van der Waals surface area contributed by atoms with E-state index >= 15 is 0 Å². The second kappa shape index (κ2) is 5.93. The second-order valence-corrected chi connectivity index (χ2v) is 5.12. The molecule has 2 heterocycles. The van der Waals surface area contributed by atoms with E-state index in [1.807, 2.05) is 43.3 Å². The van der Waals surface area contributed by atoms with Crippen LogP contribution in [0.4, 0.5) is 0 Å². The topological polar surface area (TPSA) is 52.1 Å². The third-order valence-corrected chi connectivity index (χ3v) is 3.56. The van der Waals surface area contributed by atoms with Crippen LogP contribution >= 0.6 is 0 Å². The minimum absolute atomic E-state index is 0.000908. The van der Waals surface area contributed by atoms with Gasteiger partial charge in [0.25, 0.3) is 0 Å². The lowest BCUT2D eigenvalue weighted by Gasteiger charge is -2.07. The molecule has 0 aliphatic carbocycles. The van der Waals surface area contributed by atoms with E-state index in [1.54, 1.807) is 19.4 Å². The van der Waals surface area contributed by atoms with Crippen molar-refractivity contribution in [1.29, 1.82) is 0 Å². The van der Waals surface area contributed by atoms with Gasteiger partial charge >= 0.3 is 0 Å². The van der Waals surface area contributed by atoms with Gasteiger partial charge < -0.3 is 4.74 Å². The van der Waals surface area contributed by atoms with Crippen LogP contribution in [0.3, 0.4) is 0 Å². The molecule has 0 atom stereocenters. The summed E-state index contributed by atoms with van der Waals surface area (Å²) >= 11 is 0. The minimum Gasteiger partial charge on any atom is -0.497 e. The summed E-state index contributed by atoms with van der Waals surface area (Å²) in [6, 6.07) is 13.0. The number of methoxy groups -OCH3 is 1. The number of hydrogen-bond donors (Lipinski definition) is 0. The van der Waals surface area contributed by atoms with Crippen LogP contribution in [-0.4, -0.2) is 22.9 Å². The van der Waals surface area contributed by atoms with Crippen molar-refractivity contribution in [2.24, 2.45) is 0 Å². The van der Waals surface area contributed by atoms with Gasteiger partial charge in [-0.3, -0.25) is 14.8 Å². The fraction of sp³-hybridized carbons (Fsp3) is 0.167. The molecule has 0 fully saturated rings. The number of ketones is 1. The Morgan fingerprint density at radius 2 is 2.05 bits per heavy atom. The molecule has 0 aliphatic heterocycles. The Balaban J connectivity index is 1.98. The molecule has 0 amide bonds. The molecule has 0 saturated carbocycles. The highest BCUT2D eigenvalue weighted by Crippen LogP contribution is 2.23. The summed E-state index contributed by atoms with van der Waals surface area (Å²) in [7, 11) is 1.62. The fourth-order valence-corrected chi connectivity index (χ4v) is 2.43. The number of carbonyl (C=O) groups excluding carboxylic acids is 1. The molecular formula is C18H16N2O2. The summed E-state index contributed by atoms with van der Waals surface area (Å²) in [6.45, 7) is 1.88. The maximum Gasteiger partial charge on any atom is 0.185 e. The lowest BCUT2D eigenvalue weighted by atomic mass is 10.0. The first-order valence-electron chi connectivity index (χ1n) is 7.06. The Labute approximate surface area is 128 Å². The highest BCUT2D eigenvalue weighted by molar-refractivity contribution is 5.98. The lowest BCUT2D eigenvalue weighted by molar-refractivity contribution is 0.0988. The number of ether oxygens (including phenoxy) is 1. The van der Waals surface area contributed by atoms with Crippen molar-refractivity contribution in [3.05, 3.63) is 65.6 Å². The maximum absolute atomic E-state index is 12.5. The molecule has 0 unspecified atom stereocenters. The van der Waals surface area contributed by atoms with E-state index in [0.29, 0.717) is 12.1 Å². The van der Waals surface area contributed by atoms with Gasteiger partial charge in [-0.2, -0.15) is 0 Å². The largest absolute Gasteiger partial charge is 0.497 e. The Morgan fingerprint density at radius 1 is 1.18 bits per heavy atom. The van der Waals surface area contributed by atoms with Gasteiger partial charge in [-0.05, 0) is 48.9 Å². The van der Waals surface area contributed by atoms with E-state index in [4.69, 9.17) is 4.74 Å². The van der Waals surface area contributed by atoms with E-state index < -0.39 is 0 Å². The number of rotatable bonds is 4. The van der Waals surface area contributed by atoms with Crippen LogP contribution < -0.4 is 4.74 Å². The van der Waals surface area contributed by atoms with Crippen molar-refractivity contribution in [2.75, 3.05) is 7.11 Å². The van der Waals surface area contributed by atoms with Crippen LogP contribution in [0.25, 0.3) is 10.9 Å². The second-order valence-electron chi connectivity index (χ2n) is 5.12. The van der Waals surface area contributed by atoms with Crippen molar-refractivity contribution in [1.82, 2.24) is 9.97 Å². The maximum atomic E-state index is 12.5. The van der Waals surface area contributed by atoms with Gasteiger partial charge in [0.05, 0.1) is 12.6 Å². The molecule has 22 heavy (non-hydrogen) atoms. The fourth-order valence-electron chi connectivity index (χ4n) is 2.43. The van der Waals surface area contributed by atoms with Crippen molar-refractivity contribution >= 4 is 16.7 Å².